The summed E-state index contributed by atoms with van der Waals surface area (Å²) in [6.07, 6.45) is 0.473. The Balaban J connectivity index is 2.54. The highest BCUT2D eigenvalue weighted by atomic mass is 16.5. The lowest BCUT2D eigenvalue weighted by molar-refractivity contribution is -0.133. The van der Waals surface area contributed by atoms with Crippen LogP contribution in [-0.2, 0) is 16.0 Å². The molecule has 0 spiro atoms. The van der Waals surface area contributed by atoms with Crippen molar-refractivity contribution in [2.45, 2.75) is 20.3 Å². The zero-order valence-electron chi connectivity index (χ0n) is 12.9. The minimum atomic E-state index is -0.572. The fraction of sp³-hybridized carbons (Fsp3) is 0.222. The highest BCUT2D eigenvalue weighted by Gasteiger charge is 2.26. The van der Waals surface area contributed by atoms with Crippen LogP contribution in [0.3, 0.4) is 0 Å². The van der Waals surface area contributed by atoms with Crippen LogP contribution in [0.2, 0.25) is 0 Å². The smallest absolute Gasteiger partial charge is 0.338 e. The molecule has 0 saturated carbocycles. The number of aryl methyl sites for hydroxylation is 1. The van der Waals surface area contributed by atoms with Crippen molar-refractivity contribution >= 4 is 17.3 Å². The van der Waals surface area contributed by atoms with Gasteiger partial charge in [-0.2, -0.15) is 0 Å². The Morgan fingerprint density at radius 2 is 1.82 bits per heavy atom. The highest BCUT2D eigenvalue weighted by molar-refractivity contribution is 6.19. The number of furan rings is 1. The van der Waals surface area contributed by atoms with E-state index in [4.69, 9.17) is 9.15 Å². The third-order valence-corrected chi connectivity index (χ3v) is 3.45. The number of rotatable bonds is 5. The Bertz CT molecular complexity index is 723. The van der Waals surface area contributed by atoms with Gasteiger partial charge < -0.3 is 9.15 Å². The molecule has 2 aromatic rings. The molecule has 1 aromatic heterocycles. The van der Waals surface area contributed by atoms with Crippen molar-refractivity contribution in [3.63, 3.8) is 0 Å². The van der Waals surface area contributed by atoms with E-state index in [0.717, 1.165) is 5.56 Å². The molecular weight excluding hydrogens is 280 g/mol. The molecule has 0 N–H and O–H groups in total. The van der Waals surface area contributed by atoms with Crippen LogP contribution in [0.1, 0.15) is 39.9 Å². The lowest BCUT2D eigenvalue weighted by atomic mass is 9.96. The van der Waals surface area contributed by atoms with Crippen molar-refractivity contribution in [2.75, 3.05) is 7.11 Å². The predicted molar refractivity (Wildman–Crippen MR) is 83.7 cm³/mol. The molecule has 0 aliphatic rings. The third-order valence-electron chi connectivity index (χ3n) is 3.45. The average molecular weight is 298 g/mol. The summed E-state index contributed by atoms with van der Waals surface area (Å²) in [5, 5.41) is 0. The highest BCUT2D eigenvalue weighted by Crippen LogP contribution is 2.31. The van der Waals surface area contributed by atoms with Gasteiger partial charge in [-0.3, -0.25) is 4.79 Å². The zero-order valence-corrected chi connectivity index (χ0v) is 12.9. The van der Waals surface area contributed by atoms with Crippen LogP contribution in [0.5, 0.6) is 0 Å². The monoisotopic (exact) mass is 298 g/mol. The molecular formula is C18H18O4. The maximum absolute atomic E-state index is 11.9. The fourth-order valence-corrected chi connectivity index (χ4v) is 2.48. The topological polar surface area (TPSA) is 56.5 Å². The minimum Gasteiger partial charge on any atom is -0.465 e. The number of carbonyl (C=O) groups is 2. The Kier molecular flexibility index (Phi) is 4.61. The number of hydrogen-bond acceptors (Lipinski definition) is 4. The maximum Gasteiger partial charge on any atom is 0.338 e. The van der Waals surface area contributed by atoms with Gasteiger partial charge in [-0.25, -0.2) is 4.79 Å². The molecule has 22 heavy (non-hydrogen) atoms. The van der Waals surface area contributed by atoms with Crippen LogP contribution in [0, 0.1) is 6.92 Å². The third kappa shape index (κ3) is 3.01. The number of esters is 1. The molecule has 0 bridgehead atoms. The first-order valence-corrected chi connectivity index (χ1v) is 6.90. The lowest BCUT2D eigenvalue weighted by Gasteiger charge is -2.06. The quantitative estimate of drug-likeness (QED) is 0.481. The van der Waals surface area contributed by atoms with Crippen LogP contribution in [0.15, 0.2) is 41.3 Å². The summed E-state index contributed by atoms with van der Waals surface area (Å²) in [6, 6.07) is 9.68. The molecule has 4 nitrogen and oxygen atoms in total. The van der Waals surface area contributed by atoms with Crippen molar-refractivity contribution in [1.82, 2.24) is 0 Å². The number of hydrogen-bond donors (Lipinski definition) is 0. The van der Waals surface area contributed by atoms with Crippen molar-refractivity contribution in [2.24, 2.45) is 0 Å². The van der Waals surface area contributed by atoms with Crippen LogP contribution in [0.4, 0.5) is 0 Å². The summed E-state index contributed by atoms with van der Waals surface area (Å²) in [5.41, 5.74) is 1.99. The largest absolute Gasteiger partial charge is 0.465 e. The number of Topliss-reactive ketones (excluding diaryl/α,β-unsaturated/α-hetero) is 1. The molecule has 0 amide bonds. The molecule has 0 aliphatic carbocycles. The Hall–Kier alpha value is -2.62. The van der Waals surface area contributed by atoms with Crippen LogP contribution in [0.25, 0.3) is 5.57 Å². The minimum absolute atomic E-state index is 0.135. The number of methoxy groups -OCH3 is 1. The van der Waals surface area contributed by atoms with E-state index in [1.54, 1.807) is 6.92 Å². The van der Waals surface area contributed by atoms with Crippen LogP contribution in [-0.4, -0.2) is 18.9 Å². The summed E-state index contributed by atoms with van der Waals surface area (Å²) in [5.74, 6) is 0.293. The first-order valence-electron chi connectivity index (χ1n) is 6.90. The van der Waals surface area contributed by atoms with E-state index >= 15 is 0 Å². The molecule has 0 atom stereocenters. The van der Waals surface area contributed by atoms with Gasteiger partial charge in [0.15, 0.2) is 5.78 Å². The zero-order chi connectivity index (χ0) is 16.3. The number of benzene rings is 1. The standard InChI is InChI=1S/C18H18O4/c1-11(18(20)21-4)16-15(10-14-8-6-5-7-9-14)22-13(3)17(16)12(2)19/h5-9H,1,10H2,2-4H3. The summed E-state index contributed by atoms with van der Waals surface area (Å²) in [7, 11) is 1.28. The normalized spacial score (nSPS) is 10.3. The van der Waals surface area contributed by atoms with E-state index in [1.807, 2.05) is 30.3 Å². The summed E-state index contributed by atoms with van der Waals surface area (Å²) in [6.45, 7) is 6.92. The molecule has 2 rings (SSSR count). The molecule has 0 radical (unpaired) electrons. The average Bonchev–Trinajstić information content (AvgIpc) is 2.82. The van der Waals surface area contributed by atoms with Gasteiger partial charge in [-0.1, -0.05) is 36.9 Å². The molecule has 4 heteroatoms. The molecule has 0 aliphatic heterocycles. The summed E-state index contributed by atoms with van der Waals surface area (Å²) in [4.78, 5) is 23.7. The predicted octanol–water partition coefficient (Wildman–Crippen LogP) is 3.57. The summed E-state index contributed by atoms with van der Waals surface area (Å²) >= 11 is 0. The van der Waals surface area contributed by atoms with Crippen molar-refractivity contribution in [1.29, 1.82) is 0 Å². The van der Waals surface area contributed by atoms with E-state index in [0.29, 0.717) is 29.1 Å². The van der Waals surface area contributed by atoms with E-state index < -0.39 is 5.97 Å². The van der Waals surface area contributed by atoms with Crippen LogP contribution < -0.4 is 0 Å². The second-order valence-electron chi connectivity index (χ2n) is 5.02. The van der Waals surface area contributed by atoms with Gasteiger partial charge in [0.05, 0.1) is 18.2 Å². The molecule has 114 valence electrons. The lowest BCUT2D eigenvalue weighted by Crippen LogP contribution is -2.08. The first kappa shape index (κ1) is 15.8. The second-order valence-corrected chi connectivity index (χ2v) is 5.02. The van der Waals surface area contributed by atoms with Crippen molar-refractivity contribution < 1.29 is 18.7 Å². The SMILES string of the molecule is C=C(C(=O)OC)c1c(Cc2ccccc2)oc(C)c1C(C)=O. The first-order chi connectivity index (χ1) is 10.5. The fourth-order valence-electron chi connectivity index (χ4n) is 2.48. The van der Waals surface area contributed by atoms with Gasteiger partial charge in [0.1, 0.15) is 11.5 Å². The van der Waals surface area contributed by atoms with E-state index in [9.17, 15) is 9.59 Å². The number of carbonyl (C=O) groups excluding carboxylic acids is 2. The number of ether oxygens (including phenoxy) is 1. The molecule has 0 fully saturated rings. The molecule has 1 heterocycles. The van der Waals surface area contributed by atoms with Gasteiger partial charge in [-0.05, 0) is 19.4 Å². The van der Waals surface area contributed by atoms with Gasteiger partial charge in [0, 0.05) is 12.0 Å². The van der Waals surface area contributed by atoms with Gasteiger partial charge in [0.2, 0.25) is 0 Å². The van der Waals surface area contributed by atoms with E-state index in [1.165, 1.54) is 14.0 Å². The van der Waals surface area contributed by atoms with Crippen LogP contribution >= 0.6 is 0 Å². The van der Waals surface area contributed by atoms with E-state index in [2.05, 4.69) is 6.58 Å². The van der Waals surface area contributed by atoms with Crippen molar-refractivity contribution in [3.8, 4) is 0 Å². The molecule has 0 unspecified atom stereocenters. The Labute approximate surface area is 129 Å². The second kappa shape index (κ2) is 6.43. The Morgan fingerprint density at radius 1 is 1.18 bits per heavy atom. The number of ketones is 1. The molecule has 1 aromatic carbocycles. The van der Waals surface area contributed by atoms with Gasteiger partial charge >= 0.3 is 5.97 Å². The Morgan fingerprint density at radius 3 is 2.36 bits per heavy atom. The van der Waals surface area contributed by atoms with Gasteiger partial charge in [-0.15, -0.1) is 0 Å². The maximum atomic E-state index is 11.9. The molecule has 0 saturated heterocycles. The van der Waals surface area contributed by atoms with E-state index in [-0.39, 0.29) is 11.4 Å². The summed E-state index contributed by atoms with van der Waals surface area (Å²) < 4.78 is 10.5. The van der Waals surface area contributed by atoms with Crippen molar-refractivity contribution in [3.05, 3.63) is 65.1 Å². The van der Waals surface area contributed by atoms with Gasteiger partial charge in [0.25, 0.3) is 0 Å².